The Balaban J connectivity index is 2.09. The highest BCUT2D eigenvalue weighted by molar-refractivity contribution is 5.57. The molecule has 0 aromatic heterocycles. The number of anilines is 2. The van der Waals surface area contributed by atoms with E-state index < -0.39 is 0 Å². The molecular formula is C15H24N2. The molecule has 0 saturated heterocycles. The van der Waals surface area contributed by atoms with Gasteiger partial charge >= 0.3 is 0 Å². The number of rotatable bonds is 2. The lowest BCUT2D eigenvalue weighted by molar-refractivity contribution is 0.253. The number of nitrogen functional groups attached to an aromatic ring is 1. The van der Waals surface area contributed by atoms with Gasteiger partial charge in [-0.2, -0.15) is 0 Å². The molecule has 1 aliphatic rings. The smallest absolute Gasteiger partial charge is 0.0365 e. The summed E-state index contributed by atoms with van der Waals surface area (Å²) in [6.07, 6.45) is 3.99. The molecule has 3 atom stereocenters. The van der Waals surface area contributed by atoms with Crippen LogP contribution >= 0.6 is 0 Å². The highest BCUT2D eigenvalue weighted by Gasteiger charge is 2.26. The van der Waals surface area contributed by atoms with E-state index in [0.29, 0.717) is 6.04 Å². The molecule has 3 unspecified atom stereocenters. The van der Waals surface area contributed by atoms with Gasteiger partial charge in [0.15, 0.2) is 0 Å². The first-order valence-corrected chi connectivity index (χ1v) is 6.70. The molecule has 0 aliphatic heterocycles. The molecule has 2 nitrogen and oxygen atoms in total. The third-order valence-corrected chi connectivity index (χ3v) is 4.16. The lowest BCUT2D eigenvalue weighted by Gasteiger charge is -2.35. The first kappa shape index (κ1) is 12.3. The van der Waals surface area contributed by atoms with Gasteiger partial charge in [0, 0.05) is 17.4 Å². The van der Waals surface area contributed by atoms with E-state index in [1.165, 1.54) is 30.5 Å². The van der Waals surface area contributed by atoms with Crippen LogP contribution in [0.3, 0.4) is 0 Å². The molecule has 0 spiro atoms. The van der Waals surface area contributed by atoms with Gasteiger partial charge < -0.3 is 11.1 Å². The topological polar surface area (TPSA) is 38.0 Å². The maximum Gasteiger partial charge on any atom is 0.0365 e. The van der Waals surface area contributed by atoms with Crippen LogP contribution in [0.2, 0.25) is 0 Å². The molecule has 1 saturated carbocycles. The van der Waals surface area contributed by atoms with Crippen molar-refractivity contribution in [2.45, 2.75) is 46.1 Å². The fraction of sp³-hybridized carbons (Fsp3) is 0.600. The number of aryl methyl sites for hydroxylation is 1. The van der Waals surface area contributed by atoms with Crippen molar-refractivity contribution in [2.24, 2.45) is 11.8 Å². The largest absolute Gasteiger partial charge is 0.399 e. The summed E-state index contributed by atoms with van der Waals surface area (Å²) in [6.45, 7) is 6.82. The van der Waals surface area contributed by atoms with Gasteiger partial charge in [-0.15, -0.1) is 0 Å². The van der Waals surface area contributed by atoms with Gasteiger partial charge in [-0.05, 0) is 48.9 Å². The predicted molar refractivity (Wildman–Crippen MR) is 75.2 cm³/mol. The Bertz CT molecular complexity index is 366. The van der Waals surface area contributed by atoms with Crippen molar-refractivity contribution in [1.82, 2.24) is 0 Å². The fourth-order valence-corrected chi connectivity index (χ4v) is 2.90. The average Bonchev–Trinajstić information content (AvgIpc) is 2.23. The minimum Gasteiger partial charge on any atom is -0.399 e. The van der Waals surface area contributed by atoms with Crippen molar-refractivity contribution in [3.8, 4) is 0 Å². The van der Waals surface area contributed by atoms with E-state index in [2.05, 4.69) is 32.2 Å². The van der Waals surface area contributed by atoms with Crippen molar-refractivity contribution in [3.63, 3.8) is 0 Å². The predicted octanol–water partition coefficient (Wildman–Crippen LogP) is 3.81. The Kier molecular flexibility index (Phi) is 3.60. The lowest BCUT2D eigenvalue weighted by Crippen LogP contribution is -2.35. The van der Waals surface area contributed by atoms with Crippen molar-refractivity contribution in [2.75, 3.05) is 11.1 Å². The van der Waals surface area contributed by atoms with Crippen LogP contribution in [-0.2, 0) is 0 Å². The van der Waals surface area contributed by atoms with Crippen LogP contribution in [0.5, 0.6) is 0 Å². The number of nitrogens with one attached hydrogen (secondary N) is 1. The van der Waals surface area contributed by atoms with Gasteiger partial charge in [-0.25, -0.2) is 0 Å². The molecule has 17 heavy (non-hydrogen) atoms. The zero-order valence-corrected chi connectivity index (χ0v) is 11.2. The summed E-state index contributed by atoms with van der Waals surface area (Å²) in [5.41, 5.74) is 9.14. The van der Waals surface area contributed by atoms with Gasteiger partial charge in [0.05, 0.1) is 0 Å². The monoisotopic (exact) mass is 232 g/mol. The molecule has 0 heterocycles. The molecule has 94 valence electrons. The third kappa shape index (κ3) is 2.93. The standard InChI is InChI=1S/C15H24N2/c1-10-7-13(16)9-14(8-10)17-15-6-4-5-11(2)12(15)3/h7-9,11-12,15,17H,4-6,16H2,1-3H3. The van der Waals surface area contributed by atoms with Crippen LogP contribution in [0.4, 0.5) is 11.4 Å². The molecule has 0 bridgehead atoms. The van der Waals surface area contributed by atoms with Crippen LogP contribution in [0, 0.1) is 18.8 Å². The first-order chi connectivity index (χ1) is 8.06. The van der Waals surface area contributed by atoms with E-state index in [1.54, 1.807) is 0 Å². The van der Waals surface area contributed by atoms with Crippen LogP contribution < -0.4 is 11.1 Å². The quantitative estimate of drug-likeness (QED) is 0.761. The maximum absolute atomic E-state index is 5.89. The lowest BCUT2D eigenvalue weighted by atomic mass is 9.78. The first-order valence-electron chi connectivity index (χ1n) is 6.70. The summed E-state index contributed by atoms with van der Waals surface area (Å²) in [5.74, 6) is 1.56. The van der Waals surface area contributed by atoms with Crippen LogP contribution in [0.25, 0.3) is 0 Å². The normalized spacial score (nSPS) is 29.0. The van der Waals surface area contributed by atoms with Gasteiger partial charge in [-0.3, -0.25) is 0 Å². The Hall–Kier alpha value is -1.18. The molecular weight excluding hydrogens is 208 g/mol. The van der Waals surface area contributed by atoms with Gasteiger partial charge in [-0.1, -0.05) is 26.7 Å². The molecule has 2 rings (SSSR count). The minimum absolute atomic E-state index is 0.597. The van der Waals surface area contributed by atoms with Gasteiger partial charge in [0.25, 0.3) is 0 Å². The van der Waals surface area contributed by atoms with E-state index in [-0.39, 0.29) is 0 Å². The Morgan fingerprint density at radius 3 is 2.65 bits per heavy atom. The zero-order chi connectivity index (χ0) is 12.4. The Morgan fingerprint density at radius 1 is 1.18 bits per heavy atom. The van der Waals surface area contributed by atoms with Crippen LogP contribution in [-0.4, -0.2) is 6.04 Å². The van der Waals surface area contributed by atoms with E-state index in [0.717, 1.165) is 17.5 Å². The molecule has 1 fully saturated rings. The molecule has 0 amide bonds. The summed E-state index contributed by atoms with van der Waals surface area (Å²) in [5, 5.41) is 3.66. The summed E-state index contributed by atoms with van der Waals surface area (Å²) in [7, 11) is 0. The number of hydrogen-bond acceptors (Lipinski definition) is 2. The Morgan fingerprint density at radius 2 is 1.94 bits per heavy atom. The van der Waals surface area contributed by atoms with Crippen molar-refractivity contribution in [1.29, 1.82) is 0 Å². The maximum atomic E-state index is 5.89. The highest BCUT2D eigenvalue weighted by Crippen LogP contribution is 2.32. The van der Waals surface area contributed by atoms with Gasteiger partial charge in [0.1, 0.15) is 0 Å². The summed E-state index contributed by atoms with van der Waals surface area (Å²) >= 11 is 0. The minimum atomic E-state index is 0.597. The second kappa shape index (κ2) is 4.99. The second-order valence-corrected chi connectivity index (χ2v) is 5.65. The molecule has 2 heteroatoms. The van der Waals surface area contributed by atoms with E-state index >= 15 is 0 Å². The zero-order valence-electron chi connectivity index (χ0n) is 11.2. The summed E-state index contributed by atoms with van der Waals surface area (Å²) in [4.78, 5) is 0. The number of nitrogens with two attached hydrogens (primary N) is 1. The fourth-order valence-electron chi connectivity index (χ4n) is 2.90. The Labute approximate surface area is 105 Å². The summed E-state index contributed by atoms with van der Waals surface area (Å²) in [6, 6.07) is 6.83. The van der Waals surface area contributed by atoms with Crippen molar-refractivity contribution < 1.29 is 0 Å². The van der Waals surface area contributed by atoms with Crippen molar-refractivity contribution >= 4 is 11.4 Å². The highest BCUT2D eigenvalue weighted by atomic mass is 14.9. The summed E-state index contributed by atoms with van der Waals surface area (Å²) < 4.78 is 0. The van der Waals surface area contributed by atoms with E-state index in [4.69, 9.17) is 5.73 Å². The molecule has 1 aromatic carbocycles. The molecule has 0 radical (unpaired) electrons. The number of hydrogen-bond donors (Lipinski definition) is 2. The third-order valence-electron chi connectivity index (χ3n) is 4.16. The average molecular weight is 232 g/mol. The van der Waals surface area contributed by atoms with Crippen molar-refractivity contribution in [3.05, 3.63) is 23.8 Å². The van der Waals surface area contributed by atoms with Gasteiger partial charge in [0.2, 0.25) is 0 Å². The molecule has 1 aromatic rings. The second-order valence-electron chi connectivity index (χ2n) is 5.65. The SMILES string of the molecule is Cc1cc(N)cc(NC2CCCC(C)C2C)c1. The van der Waals surface area contributed by atoms with E-state index in [1.807, 2.05) is 12.1 Å². The van der Waals surface area contributed by atoms with E-state index in [9.17, 15) is 0 Å². The van der Waals surface area contributed by atoms with Crippen LogP contribution in [0.1, 0.15) is 38.7 Å². The number of benzene rings is 1. The molecule has 1 aliphatic carbocycles. The molecule has 3 N–H and O–H groups in total. The van der Waals surface area contributed by atoms with Crippen LogP contribution in [0.15, 0.2) is 18.2 Å².